The molecular formula is C12H12F3N3. The molecule has 2 rings (SSSR count). The van der Waals surface area contributed by atoms with Gasteiger partial charge in [-0.25, -0.2) is 18.2 Å². The molecule has 0 bridgehead atoms. The average molecular weight is 255 g/mol. The number of aryl methyl sites for hydroxylation is 1. The number of hydrogen-bond donors (Lipinski definition) is 1. The van der Waals surface area contributed by atoms with E-state index in [2.05, 4.69) is 10.3 Å². The molecule has 3 nitrogen and oxygen atoms in total. The molecule has 1 N–H and O–H groups in total. The van der Waals surface area contributed by atoms with Crippen molar-refractivity contribution < 1.29 is 13.2 Å². The molecule has 1 aromatic carbocycles. The second-order valence-electron chi connectivity index (χ2n) is 3.88. The normalized spacial score (nSPS) is 12.7. The van der Waals surface area contributed by atoms with Crippen molar-refractivity contribution in [1.29, 1.82) is 0 Å². The van der Waals surface area contributed by atoms with Crippen LogP contribution < -0.4 is 5.32 Å². The van der Waals surface area contributed by atoms with Crippen molar-refractivity contribution in [3.05, 3.63) is 53.4 Å². The predicted octanol–water partition coefficient (Wildman–Crippen LogP) is 2.15. The van der Waals surface area contributed by atoms with E-state index in [1.165, 1.54) is 6.07 Å². The van der Waals surface area contributed by atoms with Crippen molar-refractivity contribution in [2.45, 2.75) is 6.04 Å². The van der Waals surface area contributed by atoms with E-state index in [0.717, 1.165) is 6.07 Å². The zero-order valence-electron chi connectivity index (χ0n) is 9.92. The van der Waals surface area contributed by atoms with Gasteiger partial charge in [-0.15, -0.1) is 0 Å². The lowest BCUT2D eigenvalue weighted by atomic mass is 10.1. The van der Waals surface area contributed by atoms with Crippen LogP contribution in [-0.4, -0.2) is 16.6 Å². The smallest absolute Gasteiger partial charge is 0.194 e. The zero-order chi connectivity index (χ0) is 13.3. The summed E-state index contributed by atoms with van der Waals surface area (Å²) < 4.78 is 41.5. The number of benzene rings is 1. The molecule has 0 aliphatic heterocycles. The minimum atomic E-state index is -1.47. The SMILES string of the molecule is CNC(c1ccc(F)c(F)c1F)c1nccn1C. The van der Waals surface area contributed by atoms with Gasteiger partial charge in [-0.2, -0.15) is 0 Å². The number of rotatable bonds is 3. The van der Waals surface area contributed by atoms with Crippen LogP contribution in [0, 0.1) is 17.5 Å². The molecule has 0 radical (unpaired) electrons. The summed E-state index contributed by atoms with van der Waals surface area (Å²) in [5.41, 5.74) is 0.0192. The Morgan fingerprint density at radius 1 is 1.22 bits per heavy atom. The van der Waals surface area contributed by atoms with Crippen LogP contribution in [0.5, 0.6) is 0 Å². The third-order valence-electron chi connectivity index (χ3n) is 2.78. The average Bonchev–Trinajstić information content (AvgIpc) is 2.77. The third-order valence-corrected chi connectivity index (χ3v) is 2.78. The molecule has 0 aliphatic rings. The molecular weight excluding hydrogens is 243 g/mol. The van der Waals surface area contributed by atoms with Crippen molar-refractivity contribution in [3.8, 4) is 0 Å². The number of halogens is 3. The molecule has 0 saturated carbocycles. The maximum Gasteiger partial charge on any atom is 0.194 e. The minimum Gasteiger partial charge on any atom is -0.336 e. The van der Waals surface area contributed by atoms with Crippen molar-refractivity contribution in [1.82, 2.24) is 14.9 Å². The van der Waals surface area contributed by atoms with Gasteiger partial charge in [0, 0.05) is 25.0 Å². The Kier molecular flexibility index (Phi) is 3.38. The van der Waals surface area contributed by atoms with Gasteiger partial charge in [0.15, 0.2) is 17.5 Å². The van der Waals surface area contributed by atoms with Gasteiger partial charge >= 0.3 is 0 Å². The largest absolute Gasteiger partial charge is 0.336 e. The molecule has 0 amide bonds. The fraction of sp³-hybridized carbons (Fsp3) is 0.250. The van der Waals surface area contributed by atoms with E-state index >= 15 is 0 Å². The first kappa shape index (κ1) is 12.6. The van der Waals surface area contributed by atoms with Crippen molar-refractivity contribution >= 4 is 0 Å². The summed E-state index contributed by atoms with van der Waals surface area (Å²) >= 11 is 0. The van der Waals surface area contributed by atoms with Gasteiger partial charge in [0.2, 0.25) is 0 Å². The van der Waals surface area contributed by atoms with Gasteiger partial charge in [0.1, 0.15) is 5.82 Å². The first-order valence-electron chi connectivity index (χ1n) is 5.34. The molecule has 1 unspecified atom stereocenters. The molecule has 1 heterocycles. The Morgan fingerprint density at radius 3 is 2.50 bits per heavy atom. The second kappa shape index (κ2) is 4.81. The summed E-state index contributed by atoms with van der Waals surface area (Å²) in [7, 11) is 3.34. The molecule has 0 aliphatic carbocycles. The fourth-order valence-electron chi connectivity index (χ4n) is 1.84. The van der Waals surface area contributed by atoms with Gasteiger partial charge in [-0.1, -0.05) is 6.07 Å². The Morgan fingerprint density at radius 2 is 1.94 bits per heavy atom. The number of imidazole rings is 1. The van der Waals surface area contributed by atoms with Crippen LogP contribution in [0.15, 0.2) is 24.5 Å². The van der Waals surface area contributed by atoms with Crippen LogP contribution in [0.1, 0.15) is 17.4 Å². The Balaban J connectivity index is 2.53. The summed E-state index contributed by atoms with van der Waals surface area (Å²) in [6, 6.07) is 1.48. The van der Waals surface area contributed by atoms with Gasteiger partial charge in [0.05, 0.1) is 6.04 Å². The van der Waals surface area contributed by atoms with Crippen molar-refractivity contribution in [2.75, 3.05) is 7.05 Å². The van der Waals surface area contributed by atoms with Crippen LogP contribution >= 0.6 is 0 Å². The third kappa shape index (κ3) is 1.99. The molecule has 0 fully saturated rings. The van der Waals surface area contributed by atoms with E-state index in [0.29, 0.717) is 5.82 Å². The van der Waals surface area contributed by atoms with Crippen LogP contribution in [0.4, 0.5) is 13.2 Å². The standard InChI is InChI=1S/C12H12F3N3/c1-16-11(12-17-5-6-18(12)2)7-3-4-8(13)10(15)9(7)14/h3-6,11,16H,1-2H3. The monoisotopic (exact) mass is 255 g/mol. The Labute approximate surface area is 102 Å². The van der Waals surface area contributed by atoms with E-state index in [-0.39, 0.29) is 5.56 Å². The van der Waals surface area contributed by atoms with E-state index in [4.69, 9.17) is 0 Å². The first-order chi connectivity index (χ1) is 8.56. The number of nitrogens with zero attached hydrogens (tertiary/aromatic N) is 2. The highest BCUT2D eigenvalue weighted by molar-refractivity contribution is 5.28. The van der Waals surface area contributed by atoms with Crippen LogP contribution in [0.25, 0.3) is 0 Å². The summed E-state index contributed by atoms with van der Waals surface area (Å²) in [6.07, 6.45) is 3.24. The van der Waals surface area contributed by atoms with Gasteiger partial charge in [0.25, 0.3) is 0 Å². The summed E-state index contributed by atoms with van der Waals surface area (Å²) in [4.78, 5) is 4.07. The lowest BCUT2D eigenvalue weighted by molar-refractivity contribution is 0.432. The van der Waals surface area contributed by atoms with Crippen LogP contribution in [0.3, 0.4) is 0 Å². The minimum absolute atomic E-state index is 0.0192. The topological polar surface area (TPSA) is 29.9 Å². The van der Waals surface area contributed by atoms with E-state index in [1.807, 2.05) is 0 Å². The number of hydrogen-bond acceptors (Lipinski definition) is 2. The summed E-state index contributed by atoms with van der Waals surface area (Å²) in [6.45, 7) is 0. The second-order valence-corrected chi connectivity index (χ2v) is 3.88. The predicted molar refractivity (Wildman–Crippen MR) is 60.4 cm³/mol. The zero-order valence-corrected chi connectivity index (χ0v) is 9.92. The molecule has 2 aromatic rings. The molecule has 6 heteroatoms. The van der Waals surface area contributed by atoms with Crippen LogP contribution in [0.2, 0.25) is 0 Å². The maximum absolute atomic E-state index is 13.7. The number of nitrogens with one attached hydrogen (secondary N) is 1. The highest BCUT2D eigenvalue weighted by Gasteiger charge is 2.23. The molecule has 96 valence electrons. The molecule has 0 spiro atoms. The highest BCUT2D eigenvalue weighted by Crippen LogP contribution is 2.25. The molecule has 0 saturated heterocycles. The number of aromatic nitrogens is 2. The van der Waals surface area contributed by atoms with E-state index < -0.39 is 23.5 Å². The van der Waals surface area contributed by atoms with Gasteiger partial charge in [-0.3, -0.25) is 0 Å². The van der Waals surface area contributed by atoms with Crippen LogP contribution in [-0.2, 0) is 7.05 Å². The summed E-state index contributed by atoms with van der Waals surface area (Å²) in [5.74, 6) is -3.35. The summed E-state index contributed by atoms with van der Waals surface area (Å²) in [5, 5.41) is 2.84. The van der Waals surface area contributed by atoms with E-state index in [9.17, 15) is 13.2 Å². The molecule has 18 heavy (non-hydrogen) atoms. The highest BCUT2D eigenvalue weighted by atomic mass is 19.2. The van der Waals surface area contributed by atoms with E-state index in [1.54, 1.807) is 31.1 Å². The van der Waals surface area contributed by atoms with Crippen molar-refractivity contribution in [3.63, 3.8) is 0 Å². The fourth-order valence-corrected chi connectivity index (χ4v) is 1.84. The lowest BCUT2D eigenvalue weighted by Gasteiger charge is -2.17. The Hall–Kier alpha value is -1.82. The lowest BCUT2D eigenvalue weighted by Crippen LogP contribution is -2.23. The first-order valence-corrected chi connectivity index (χ1v) is 5.34. The van der Waals surface area contributed by atoms with Gasteiger partial charge in [-0.05, 0) is 13.1 Å². The molecule has 1 atom stereocenters. The molecule has 1 aromatic heterocycles. The maximum atomic E-state index is 13.7. The van der Waals surface area contributed by atoms with Crippen molar-refractivity contribution in [2.24, 2.45) is 7.05 Å². The van der Waals surface area contributed by atoms with Gasteiger partial charge < -0.3 is 9.88 Å². The Bertz CT molecular complexity index is 566. The quantitative estimate of drug-likeness (QED) is 0.852.